The number of terminal acetylenes is 1. The largest absolute Gasteiger partial charge is 0.392 e. The monoisotopic (exact) mass is 214 g/mol. The van der Waals surface area contributed by atoms with Crippen LogP contribution in [0.1, 0.15) is 37.7 Å². The molecule has 0 aliphatic heterocycles. The summed E-state index contributed by atoms with van der Waals surface area (Å²) in [6.45, 7) is 0. The summed E-state index contributed by atoms with van der Waals surface area (Å²) in [5, 5.41) is 10.3. The van der Waals surface area contributed by atoms with E-state index in [-0.39, 0.29) is 11.5 Å². The van der Waals surface area contributed by atoms with Crippen LogP contribution in [0.3, 0.4) is 0 Å². The Kier molecular flexibility index (Phi) is 3.31. The molecule has 0 bridgehead atoms. The molecule has 1 aliphatic carbocycles. The lowest BCUT2D eigenvalue weighted by molar-refractivity contribution is 0.0233. The summed E-state index contributed by atoms with van der Waals surface area (Å²) in [6, 6.07) is 10.4. The van der Waals surface area contributed by atoms with Gasteiger partial charge in [-0.25, -0.2) is 0 Å². The molecule has 0 saturated heterocycles. The summed E-state index contributed by atoms with van der Waals surface area (Å²) in [5.41, 5.74) is 1.25. The Bertz CT molecular complexity index is 370. The standard InChI is InChI=1S/C15H18O/c1-2-3-10-14(16)15(11-7-12-15)13-8-5-4-6-9-13/h1,4-6,8-9,14,16H,3,7,10-12H2. The van der Waals surface area contributed by atoms with Gasteiger partial charge in [0.15, 0.2) is 0 Å². The van der Waals surface area contributed by atoms with Gasteiger partial charge in [-0.05, 0) is 24.8 Å². The van der Waals surface area contributed by atoms with Gasteiger partial charge in [0.2, 0.25) is 0 Å². The van der Waals surface area contributed by atoms with E-state index in [1.807, 2.05) is 18.2 Å². The van der Waals surface area contributed by atoms with E-state index in [1.165, 1.54) is 12.0 Å². The zero-order valence-corrected chi connectivity index (χ0v) is 9.52. The van der Waals surface area contributed by atoms with Gasteiger partial charge in [-0.15, -0.1) is 12.3 Å². The molecule has 84 valence electrons. The molecule has 1 fully saturated rings. The highest BCUT2D eigenvalue weighted by Crippen LogP contribution is 2.47. The van der Waals surface area contributed by atoms with Gasteiger partial charge in [0.1, 0.15) is 0 Å². The normalized spacial score (nSPS) is 19.5. The topological polar surface area (TPSA) is 20.2 Å². The Labute approximate surface area is 97.5 Å². The number of aliphatic hydroxyl groups excluding tert-OH is 1. The van der Waals surface area contributed by atoms with Crippen LogP contribution in [-0.4, -0.2) is 11.2 Å². The van der Waals surface area contributed by atoms with Crippen LogP contribution < -0.4 is 0 Å². The highest BCUT2D eigenvalue weighted by Gasteiger charge is 2.44. The molecule has 0 aromatic heterocycles. The molecule has 0 radical (unpaired) electrons. The Morgan fingerprint density at radius 2 is 2.00 bits per heavy atom. The van der Waals surface area contributed by atoms with Crippen molar-refractivity contribution in [2.45, 2.75) is 43.6 Å². The lowest BCUT2D eigenvalue weighted by atomic mass is 9.60. The lowest BCUT2D eigenvalue weighted by Crippen LogP contribution is -2.45. The molecule has 16 heavy (non-hydrogen) atoms. The van der Waals surface area contributed by atoms with Crippen LogP contribution in [0.5, 0.6) is 0 Å². The molecular weight excluding hydrogens is 196 g/mol. The van der Waals surface area contributed by atoms with E-state index < -0.39 is 0 Å². The van der Waals surface area contributed by atoms with Crippen LogP contribution in [-0.2, 0) is 5.41 Å². The van der Waals surface area contributed by atoms with Crippen molar-refractivity contribution in [3.05, 3.63) is 35.9 Å². The second kappa shape index (κ2) is 4.72. The first-order valence-corrected chi connectivity index (χ1v) is 5.97. The Morgan fingerprint density at radius 1 is 1.31 bits per heavy atom. The highest BCUT2D eigenvalue weighted by atomic mass is 16.3. The second-order valence-corrected chi connectivity index (χ2v) is 4.63. The van der Waals surface area contributed by atoms with E-state index in [1.54, 1.807) is 0 Å². The minimum absolute atomic E-state index is 0.0158. The molecule has 1 saturated carbocycles. The van der Waals surface area contributed by atoms with Gasteiger partial charge >= 0.3 is 0 Å². The molecule has 1 aliphatic rings. The van der Waals surface area contributed by atoms with E-state index in [4.69, 9.17) is 6.42 Å². The summed E-state index contributed by atoms with van der Waals surface area (Å²) >= 11 is 0. The minimum atomic E-state index is -0.292. The van der Waals surface area contributed by atoms with Crippen LogP contribution >= 0.6 is 0 Å². The third kappa shape index (κ3) is 1.86. The molecular formula is C15H18O. The van der Waals surface area contributed by atoms with E-state index in [0.717, 1.165) is 12.8 Å². The van der Waals surface area contributed by atoms with E-state index >= 15 is 0 Å². The molecule has 1 heteroatoms. The molecule has 1 unspecified atom stereocenters. The van der Waals surface area contributed by atoms with Crippen molar-refractivity contribution < 1.29 is 5.11 Å². The molecule has 1 atom stereocenters. The van der Waals surface area contributed by atoms with E-state index in [2.05, 4.69) is 18.1 Å². The Morgan fingerprint density at radius 3 is 2.50 bits per heavy atom. The van der Waals surface area contributed by atoms with Crippen LogP contribution in [0.15, 0.2) is 30.3 Å². The maximum Gasteiger partial charge on any atom is 0.0645 e. The van der Waals surface area contributed by atoms with Crippen molar-refractivity contribution in [2.75, 3.05) is 0 Å². The first kappa shape index (κ1) is 11.2. The fraction of sp³-hybridized carbons (Fsp3) is 0.467. The van der Waals surface area contributed by atoms with Crippen molar-refractivity contribution in [3.63, 3.8) is 0 Å². The van der Waals surface area contributed by atoms with Crippen LogP contribution in [0.2, 0.25) is 0 Å². The van der Waals surface area contributed by atoms with Crippen molar-refractivity contribution in [2.24, 2.45) is 0 Å². The highest BCUT2D eigenvalue weighted by molar-refractivity contribution is 5.29. The minimum Gasteiger partial charge on any atom is -0.392 e. The molecule has 1 nitrogen and oxygen atoms in total. The zero-order chi connectivity index (χ0) is 11.4. The van der Waals surface area contributed by atoms with Crippen molar-refractivity contribution >= 4 is 0 Å². The van der Waals surface area contributed by atoms with Crippen molar-refractivity contribution in [3.8, 4) is 12.3 Å². The molecule has 0 spiro atoms. The summed E-state index contributed by atoms with van der Waals surface area (Å²) < 4.78 is 0. The van der Waals surface area contributed by atoms with Gasteiger partial charge in [-0.2, -0.15) is 0 Å². The number of hydrogen-bond acceptors (Lipinski definition) is 1. The number of hydrogen-bond donors (Lipinski definition) is 1. The average Bonchev–Trinajstić information content (AvgIpc) is 2.26. The van der Waals surface area contributed by atoms with Gasteiger partial charge in [0.25, 0.3) is 0 Å². The zero-order valence-electron chi connectivity index (χ0n) is 9.52. The number of benzene rings is 1. The van der Waals surface area contributed by atoms with Gasteiger partial charge < -0.3 is 5.11 Å². The Hall–Kier alpha value is -1.26. The fourth-order valence-corrected chi connectivity index (χ4v) is 2.64. The van der Waals surface area contributed by atoms with Crippen molar-refractivity contribution in [1.29, 1.82) is 0 Å². The first-order valence-electron chi connectivity index (χ1n) is 5.97. The number of aliphatic hydroxyl groups is 1. The van der Waals surface area contributed by atoms with Crippen molar-refractivity contribution in [1.82, 2.24) is 0 Å². The van der Waals surface area contributed by atoms with Crippen LogP contribution in [0.4, 0.5) is 0 Å². The summed E-state index contributed by atoms with van der Waals surface area (Å²) in [5.74, 6) is 2.61. The lowest BCUT2D eigenvalue weighted by Gasteiger charge is -2.46. The SMILES string of the molecule is C#CCCC(O)C1(c2ccccc2)CCC1. The maximum absolute atomic E-state index is 10.3. The first-order chi connectivity index (χ1) is 7.79. The summed E-state index contributed by atoms with van der Waals surface area (Å²) in [4.78, 5) is 0. The second-order valence-electron chi connectivity index (χ2n) is 4.63. The van der Waals surface area contributed by atoms with Gasteiger partial charge in [0.05, 0.1) is 6.10 Å². The third-order valence-electron chi connectivity index (χ3n) is 3.79. The molecule has 1 aromatic rings. The van der Waals surface area contributed by atoms with Crippen LogP contribution in [0.25, 0.3) is 0 Å². The van der Waals surface area contributed by atoms with Crippen LogP contribution in [0, 0.1) is 12.3 Å². The maximum atomic E-state index is 10.3. The third-order valence-corrected chi connectivity index (χ3v) is 3.79. The molecule has 2 rings (SSSR count). The van der Waals surface area contributed by atoms with Gasteiger partial charge in [0, 0.05) is 11.8 Å². The average molecular weight is 214 g/mol. The predicted molar refractivity (Wildman–Crippen MR) is 66.0 cm³/mol. The summed E-state index contributed by atoms with van der Waals surface area (Å²) in [6.07, 6.45) is 9.72. The van der Waals surface area contributed by atoms with Gasteiger partial charge in [-0.1, -0.05) is 36.8 Å². The smallest absolute Gasteiger partial charge is 0.0645 e. The molecule has 0 heterocycles. The van der Waals surface area contributed by atoms with E-state index in [0.29, 0.717) is 12.8 Å². The summed E-state index contributed by atoms with van der Waals surface area (Å²) in [7, 11) is 0. The van der Waals surface area contributed by atoms with Gasteiger partial charge in [-0.3, -0.25) is 0 Å². The molecule has 0 amide bonds. The predicted octanol–water partition coefficient (Wildman–Crippen LogP) is 2.88. The quantitative estimate of drug-likeness (QED) is 0.764. The fourth-order valence-electron chi connectivity index (χ4n) is 2.64. The van der Waals surface area contributed by atoms with E-state index in [9.17, 15) is 5.11 Å². The number of rotatable bonds is 4. The Balaban J connectivity index is 2.17. The molecule has 1 N–H and O–H groups in total. The molecule has 1 aromatic carbocycles.